The number of hydrogen-bond donors (Lipinski definition) is 3. The Bertz CT molecular complexity index is 314. The lowest BCUT2D eigenvalue weighted by Crippen LogP contribution is -2.44. The highest BCUT2D eigenvalue weighted by Crippen LogP contribution is 2.05. The second-order valence-corrected chi connectivity index (χ2v) is 3.62. The lowest BCUT2D eigenvalue weighted by molar-refractivity contribution is -0.137. The fourth-order valence-electron chi connectivity index (χ4n) is 1.39. The summed E-state index contributed by atoms with van der Waals surface area (Å²) in [5.74, 6) is -0.911. The third-order valence-corrected chi connectivity index (χ3v) is 2.27. The number of rotatable bonds is 5. The van der Waals surface area contributed by atoms with E-state index in [1.54, 1.807) is 0 Å². The molecule has 0 aliphatic rings. The van der Waals surface area contributed by atoms with Gasteiger partial charge in [-0.25, -0.2) is 0 Å². The predicted molar refractivity (Wildman–Crippen MR) is 58.3 cm³/mol. The molecule has 5 N–H and O–H groups in total. The van der Waals surface area contributed by atoms with Gasteiger partial charge >= 0.3 is 5.97 Å². The van der Waals surface area contributed by atoms with Crippen molar-refractivity contribution in [2.45, 2.75) is 24.9 Å². The summed E-state index contributed by atoms with van der Waals surface area (Å²) in [6.07, 6.45) is 0.517. The molecule has 0 aliphatic carbocycles. The molecule has 0 radical (unpaired) electrons. The molecule has 82 valence electrons. The molecule has 0 fully saturated rings. The molecule has 15 heavy (non-hydrogen) atoms. The molecule has 0 aliphatic heterocycles. The van der Waals surface area contributed by atoms with E-state index in [0.717, 1.165) is 5.56 Å². The van der Waals surface area contributed by atoms with Crippen LogP contribution in [-0.4, -0.2) is 23.2 Å². The van der Waals surface area contributed by atoms with Crippen LogP contribution in [0.2, 0.25) is 0 Å². The summed E-state index contributed by atoms with van der Waals surface area (Å²) in [4.78, 5) is 10.4. The number of carbonyl (C=O) groups is 1. The first-order chi connectivity index (χ1) is 7.09. The largest absolute Gasteiger partial charge is 0.481 e. The number of carboxylic acid groups (broad SMARTS) is 1. The van der Waals surface area contributed by atoms with Crippen LogP contribution in [0.3, 0.4) is 0 Å². The zero-order valence-electron chi connectivity index (χ0n) is 8.47. The van der Waals surface area contributed by atoms with Crippen molar-refractivity contribution < 1.29 is 9.90 Å². The normalized spacial score (nSPS) is 14.5. The second-order valence-electron chi connectivity index (χ2n) is 3.62. The molecule has 4 heteroatoms. The Balaban J connectivity index is 2.48. The van der Waals surface area contributed by atoms with Crippen LogP contribution in [-0.2, 0) is 11.2 Å². The van der Waals surface area contributed by atoms with Crippen molar-refractivity contribution in [3.05, 3.63) is 35.9 Å². The maximum atomic E-state index is 10.4. The summed E-state index contributed by atoms with van der Waals surface area (Å²) in [5.41, 5.74) is 12.5. The highest BCUT2D eigenvalue weighted by atomic mass is 16.4. The number of aliphatic carboxylic acids is 1. The molecular formula is C11H16N2O2. The van der Waals surface area contributed by atoms with E-state index in [0.29, 0.717) is 6.42 Å². The smallest absolute Gasteiger partial charge is 0.304 e. The van der Waals surface area contributed by atoms with E-state index >= 15 is 0 Å². The lowest BCUT2D eigenvalue weighted by atomic mass is 9.99. The van der Waals surface area contributed by atoms with E-state index in [9.17, 15) is 4.79 Å². The molecule has 0 heterocycles. The van der Waals surface area contributed by atoms with Gasteiger partial charge in [-0.2, -0.15) is 0 Å². The molecule has 4 nitrogen and oxygen atoms in total. The minimum Gasteiger partial charge on any atom is -0.481 e. The van der Waals surface area contributed by atoms with Gasteiger partial charge in [0, 0.05) is 12.1 Å². The molecule has 0 bridgehead atoms. The van der Waals surface area contributed by atoms with Crippen molar-refractivity contribution in [2.24, 2.45) is 11.5 Å². The van der Waals surface area contributed by atoms with Crippen molar-refractivity contribution in [1.29, 1.82) is 0 Å². The molecule has 0 aromatic heterocycles. The van der Waals surface area contributed by atoms with Crippen molar-refractivity contribution in [1.82, 2.24) is 0 Å². The van der Waals surface area contributed by atoms with Gasteiger partial charge in [0.2, 0.25) is 0 Å². The van der Waals surface area contributed by atoms with Gasteiger partial charge in [0.05, 0.1) is 6.42 Å². The highest BCUT2D eigenvalue weighted by Gasteiger charge is 2.16. The standard InChI is InChI=1S/C11H16N2O2/c12-9(10(13)7-11(14)15)6-8-4-2-1-3-5-8/h1-5,9-10H,6-7,12-13H2,(H,14,15). The Hall–Kier alpha value is -1.39. The predicted octanol–water partition coefficient (Wildman–Crippen LogP) is 0.358. The van der Waals surface area contributed by atoms with E-state index < -0.39 is 12.0 Å². The van der Waals surface area contributed by atoms with Gasteiger partial charge in [0.1, 0.15) is 0 Å². The van der Waals surface area contributed by atoms with Gasteiger partial charge in [-0.3, -0.25) is 4.79 Å². The van der Waals surface area contributed by atoms with Gasteiger partial charge in [0.25, 0.3) is 0 Å². The highest BCUT2D eigenvalue weighted by molar-refractivity contribution is 5.67. The van der Waals surface area contributed by atoms with E-state index in [1.807, 2.05) is 30.3 Å². The topological polar surface area (TPSA) is 89.3 Å². The number of carboxylic acids is 1. The van der Waals surface area contributed by atoms with Crippen LogP contribution in [0.25, 0.3) is 0 Å². The fraction of sp³-hybridized carbons (Fsp3) is 0.364. The average Bonchev–Trinajstić information content (AvgIpc) is 2.18. The molecule has 0 amide bonds. The van der Waals surface area contributed by atoms with Crippen molar-refractivity contribution in [2.75, 3.05) is 0 Å². The Kier molecular flexibility index (Phi) is 4.27. The molecule has 1 aromatic carbocycles. The summed E-state index contributed by atoms with van der Waals surface area (Å²) in [6.45, 7) is 0. The summed E-state index contributed by atoms with van der Waals surface area (Å²) in [6, 6.07) is 8.86. The van der Waals surface area contributed by atoms with Gasteiger partial charge < -0.3 is 16.6 Å². The number of hydrogen-bond acceptors (Lipinski definition) is 3. The summed E-state index contributed by atoms with van der Waals surface area (Å²) >= 11 is 0. The quantitative estimate of drug-likeness (QED) is 0.651. The summed E-state index contributed by atoms with van der Waals surface area (Å²) in [7, 11) is 0. The first-order valence-corrected chi connectivity index (χ1v) is 4.86. The molecule has 1 rings (SSSR count). The van der Waals surface area contributed by atoms with Crippen LogP contribution in [0.5, 0.6) is 0 Å². The van der Waals surface area contributed by atoms with E-state index in [2.05, 4.69) is 0 Å². The zero-order chi connectivity index (χ0) is 11.3. The third kappa shape index (κ3) is 4.10. The molecule has 2 unspecified atom stereocenters. The van der Waals surface area contributed by atoms with Crippen LogP contribution in [0, 0.1) is 0 Å². The zero-order valence-corrected chi connectivity index (χ0v) is 8.47. The number of nitrogens with two attached hydrogens (primary N) is 2. The van der Waals surface area contributed by atoms with Crippen molar-refractivity contribution in [3.8, 4) is 0 Å². The van der Waals surface area contributed by atoms with Crippen LogP contribution in [0.15, 0.2) is 30.3 Å². The fourth-order valence-corrected chi connectivity index (χ4v) is 1.39. The van der Waals surface area contributed by atoms with Crippen LogP contribution >= 0.6 is 0 Å². The van der Waals surface area contributed by atoms with Gasteiger partial charge in [-0.05, 0) is 12.0 Å². The Morgan fingerprint density at radius 2 is 1.80 bits per heavy atom. The van der Waals surface area contributed by atoms with Crippen LogP contribution < -0.4 is 11.5 Å². The Morgan fingerprint density at radius 1 is 1.20 bits per heavy atom. The first-order valence-electron chi connectivity index (χ1n) is 4.86. The van der Waals surface area contributed by atoms with Gasteiger partial charge in [-0.15, -0.1) is 0 Å². The van der Waals surface area contributed by atoms with Gasteiger partial charge in [-0.1, -0.05) is 30.3 Å². The Morgan fingerprint density at radius 3 is 2.33 bits per heavy atom. The van der Waals surface area contributed by atoms with Crippen LogP contribution in [0.4, 0.5) is 0 Å². The first kappa shape index (κ1) is 11.7. The van der Waals surface area contributed by atoms with Gasteiger partial charge in [0.15, 0.2) is 0 Å². The third-order valence-electron chi connectivity index (χ3n) is 2.27. The van der Waals surface area contributed by atoms with Crippen molar-refractivity contribution >= 4 is 5.97 Å². The minimum atomic E-state index is -0.911. The summed E-state index contributed by atoms with van der Waals surface area (Å²) in [5, 5.41) is 8.56. The monoisotopic (exact) mass is 208 g/mol. The second kappa shape index (κ2) is 5.48. The Labute approximate surface area is 88.9 Å². The maximum Gasteiger partial charge on any atom is 0.304 e. The van der Waals surface area contributed by atoms with Crippen molar-refractivity contribution in [3.63, 3.8) is 0 Å². The average molecular weight is 208 g/mol. The molecule has 0 saturated heterocycles. The van der Waals surface area contributed by atoms with E-state index in [-0.39, 0.29) is 12.5 Å². The van der Waals surface area contributed by atoms with Crippen LogP contribution in [0.1, 0.15) is 12.0 Å². The summed E-state index contributed by atoms with van der Waals surface area (Å²) < 4.78 is 0. The molecule has 1 aromatic rings. The van der Waals surface area contributed by atoms with E-state index in [4.69, 9.17) is 16.6 Å². The molecule has 0 saturated carbocycles. The van der Waals surface area contributed by atoms with E-state index in [1.165, 1.54) is 0 Å². The number of benzene rings is 1. The SMILES string of the molecule is NC(CC(=O)O)C(N)Cc1ccccc1. The maximum absolute atomic E-state index is 10.4. The minimum absolute atomic E-state index is 0.0893. The lowest BCUT2D eigenvalue weighted by Gasteiger charge is -2.17. The molecular weight excluding hydrogens is 192 g/mol. The molecule has 2 atom stereocenters. The molecule has 0 spiro atoms.